The SMILES string of the molecule is O=C(O)c1ccc(C[C@H]2CCCC/C=C\C2(F)F)cc1. The number of carbonyl (C=O) groups is 1. The summed E-state index contributed by atoms with van der Waals surface area (Å²) in [5.41, 5.74) is 0.937. The van der Waals surface area contributed by atoms with Crippen LogP contribution in [0.3, 0.4) is 0 Å². The van der Waals surface area contributed by atoms with Gasteiger partial charge in [-0.25, -0.2) is 13.6 Å². The lowest BCUT2D eigenvalue weighted by Gasteiger charge is -2.26. The molecule has 0 fully saturated rings. The number of halogens is 2. The largest absolute Gasteiger partial charge is 0.478 e. The molecule has 1 atom stereocenters. The van der Waals surface area contributed by atoms with Gasteiger partial charge in [-0.15, -0.1) is 0 Å². The van der Waals surface area contributed by atoms with Crippen LogP contribution in [0.1, 0.15) is 41.6 Å². The van der Waals surface area contributed by atoms with Crippen LogP contribution in [-0.2, 0) is 6.42 Å². The molecule has 108 valence electrons. The number of aromatic carboxylic acids is 1. The zero-order valence-corrected chi connectivity index (χ0v) is 11.2. The van der Waals surface area contributed by atoms with Crippen LogP contribution < -0.4 is 0 Å². The van der Waals surface area contributed by atoms with Gasteiger partial charge in [-0.05, 0) is 49.5 Å². The molecule has 1 aromatic rings. The summed E-state index contributed by atoms with van der Waals surface area (Å²) in [6, 6.07) is 6.19. The molecule has 1 N–H and O–H groups in total. The Kier molecular flexibility index (Phi) is 4.53. The molecule has 1 aliphatic carbocycles. The number of carboxylic acids is 1. The minimum atomic E-state index is -2.79. The van der Waals surface area contributed by atoms with Crippen molar-refractivity contribution < 1.29 is 18.7 Å². The van der Waals surface area contributed by atoms with Crippen LogP contribution in [0.25, 0.3) is 0 Å². The molecule has 0 radical (unpaired) electrons. The predicted molar refractivity (Wildman–Crippen MR) is 73.2 cm³/mol. The van der Waals surface area contributed by atoms with Crippen molar-refractivity contribution in [2.45, 2.75) is 38.0 Å². The maximum Gasteiger partial charge on any atom is 0.335 e. The van der Waals surface area contributed by atoms with Crippen LogP contribution in [0.15, 0.2) is 36.4 Å². The van der Waals surface area contributed by atoms with Gasteiger partial charge < -0.3 is 5.11 Å². The van der Waals surface area contributed by atoms with E-state index in [0.29, 0.717) is 6.42 Å². The van der Waals surface area contributed by atoms with Crippen LogP contribution in [0, 0.1) is 5.92 Å². The third-order valence-electron chi connectivity index (χ3n) is 3.74. The van der Waals surface area contributed by atoms with Gasteiger partial charge in [0.25, 0.3) is 5.92 Å². The number of hydrogen-bond acceptors (Lipinski definition) is 1. The standard InChI is InChI=1S/C16H18F2O2/c17-16(18)10-4-2-1-3-5-14(16)11-12-6-8-13(9-7-12)15(19)20/h4,6-10,14H,1-3,5,11H2,(H,19,20)/b10-4-/t14-/m1/s1. The fourth-order valence-electron chi connectivity index (χ4n) is 2.53. The Morgan fingerprint density at radius 3 is 2.60 bits per heavy atom. The molecule has 2 rings (SSSR count). The molecule has 0 unspecified atom stereocenters. The molecule has 0 aromatic heterocycles. The van der Waals surface area contributed by atoms with E-state index in [4.69, 9.17) is 5.11 Å². The second kappa shape index (κ2) is 6.16. The van der Waals surface area contributed by atoms with Gasteiger partial charge in [0.05, 0.1) is 5.56 Å². The first-order valence-electron chi connectivity index (χ1n) is 6.87. The molecule has 0 bridgehead atoms. The third kappa shape index (κ3) is 3.65. The molecule has 1 aromatic carbocycles. The summed E-state index contributed by atoms with van der Waals surface area (Å²) in [4.78, 5) is 10.8. The van der Waals surface area contributed by atoms with Gasteiger partial charge >= 0.3 is 5.97 Å². The van der Waals surface area contributed by atoms with Crippen molar-refractivity contribution in [3.8, 4) is 0 Å². The first kappa shape index (κ1) is 14.7. The fourth-order valence-corrected chi connectivity index (χ4v) is 2.53. The van der Waals surface area contributed by atoms with E-state index in [9.17, 15) is 13.6 Å². The van der Waals surface area contributed by atoms with Gasteiger partial charge in [-0.3, -0.25) is 0 Å². The average Bonchev–Trinajstić information content (AvgIpc) is 2.40. The van der Waals surface area contributed by atoms with Crippen molar-refractivity contribution in [3.63, 3.8) is 0 Å². The Morgan fingerprint density at radius 1 is 1.25 bits per heavy atom. The summed E-state index contributed by atoms with van der Waals surface area (Å²) in [5, 5.41) is 8.82. The van der Waals surface area contributed by atoms with E-state index < -0.39 is 17.8 Å². The van der Waals surface area contributed by atoms with Gasteiger partial charge in [0.15, 0.2) is 0 Å². The summed E-state index contributed by atoms with van der Waals surface area (Å²) >= 11 is 0. The highest BCUT2D eigenvalue weighted by Gasteiger charge is 2.36. The first-order chi connectivity index (χ1) is 9.49. The second-order valence-electron chi connectivity index (χ2n) is 5.26. The minimum absolute atomic E-state index is 0.179. The van der Waals surface area contributed by atoms with E-state index in [1.807, 2.05) is 0 Å². The van der Waals surface area contributed by atoms with Gasteiger partial charge in [-0.2, -0.15) is 0 Å². The third-order valence-corrected chi connectivity index (χ3v) is 3.74. The summed E-state index contributed by atoms with van der Waals surface area (Å²) in [6.07, 6.45) is 5.84. The van der Waals surface area contributed by atoms with Crippen molar-refractivity contribution in [2.24, 2.45) is 5.92 Å². The Balaban J connectivity index is 2.12. The number of carboxylic acid groups (broad SMARTS) is 1. The molecule has 0 saturated carbocycles. The van der Waals surface area contributed by atoms with Crippen LogP contribution in [0.4, 0.5) is 8.78 Å². The zero-order valence-electron chi connectivity index (χ0n) is 11.2. The number of alkyl halides is 2. The van der Waals surface area contributed by atoms with Crippen molar-refractivity contribution >= 4 is 5.97 Å². The molecule has 0 aliphatic heterocycles. The zero-order chi connectivity index (χ0) is 14.6. The number of rotatable bonds is 3. The van der Waals surface area contributed by atoms with Crippen molar-refractivity contribution in [2.75, 3.05) is 0 Å². The van der Waals surface area contributed by atoms with Crippen molar-refractivity contribution in [3.05, 3.63) is 47.5 Å². The summed E-state index contributed by atoms with van der Waals surface area (Å²) in [5.74, 6) is -4.50. The smallest absolute Gasteiger partial charge is 0.335 e. The summed E-state index contributed by atoms with van der Waals surface area (Å²) in [6.45, 7) is 0. The monoisotopic (exact) mass is 280 g/mol. The lowest BCUT2D eigenvalue weighted by molar-refractivity contribution is -0.0151. The highest BCUT2D eigenvalue weighted by atomic mass is 19.3. The lowest BCUT2D eigenvalue weighted by atomic mass is 9.86. The van der Waals surface area contributed by atoms with Crippen molar-refractivity contribution in [1.82, 2.24) is 0 Å². The van der Waals surface area contributed by atoms with Gasteiger partial charge in [0, 0.05) is 5.92 Å². The normalized spacial score (nSPS) is 23.6. The van der Waals surface area contributed by atoms with Gasteiger partial charge in [0.1, 0.15) is 0 Å². The highest BCUT2D eigenvalue weighted by Crippen LogP contribution is 2.35. The van der Waals surface area contributed by atoms with E-state index in [-0.39, 0.29) is 12.0 Å². The lowest BCUT2D eigenvalue weighted by Crippen LogP contribution is -2.28. The molecule has 0 saturated heterocycles. The second-order valence-corrected chi connectivity index (χ2v) is 5.26. The molecule has 1 aliphatic rings. The maximum atomic E-state index is 14.0. The van der Waals surface area contributed by atoms with Gasteiger partial charge in [0.2, 0.25) is 0 Å². The van der Waals surface area contributed by atoms with Crippen LogP contribution in [0.2, 0.25) is 0 Å². The Bertz CT molecular complexity index is 492. The molecule has 2 nitrogen and oxygen atoms in total. The Hall–Kier alpha value is -1.71. The average molecular weight is 280 g/mol. The predicted octanol–water partition coefficient (Wildman–Crippen LogP) is 4.31. The topological polar surface area (TPSA) is 37.3 Å². The molecule has 20 heavy (non-hydrogen) atoms. The van der Waals surface area contributed by atoms with Crippen molar-refractivity contribution in [1.29, 1.82) is 0 Å². The highest BCUT2D eigenvalue weighted by molar-refractivity contribution is 5.87. The van der Waals surface area contributed by atoms with Crippen LogP contribution in [-0.4, -0.2) is 17.0 Å². The molecule has 0 amide bonds. The Morgan fingerprint density at radius 2 is 1.95 bits per heavy atom. The van der Waals surface area contributed by atoms with E-state index >= 15 is 0 Å². The molecule has 0 heterocycles. The Labute approximate surface area is 117 Å². The van der Waals surface area contributed by atoms with E-state index in [0.717, 1.165) is 30.9 Å². The van der Waals surface area contributed by atoms with Gasteiger partial charge in [-0.1, -0.05) is 24.6 Å². The van der Waals surface area contributed by atoms with E-state index in [2.05, 4.69) is 0 Å². The van der Waals surface area contributed by atoms with Crippen LogP contribution in [0.5, 0.6) is 0 Å². The van der Waals surface area contributed by atoms with E-state index in [1.165, 1.54) is 12.1 Å². The fraction of sp³-hybridized carbons (Fsp3) is 0.438. The molecular weight excluding hydrogens is 262 g/mol. The summed E-state index contributed by atoms with van der Waals surface area (Å²) in [7, 11) is 0. The minimum Gasteiger partial charge on any atom is -0.478 e. The maximum absolute atomic E-state index is 14.0. The first-order valence-corrected chi connectivity index (χ1v) is 6.87. The molecular formula is C16H18F2O2. The summed E-state index contributed by atoms with van der Waals surface area (Å²) < 4.78 is 28.0. The number of benzene rings is 1. The quantitative estimate of drug-likeness (QED) is 0.838. The molecule has 0 spiro atoms. The van der Waals surface area contributed by atoms with E-state index in [1.54, 1.807) is 18.2 Å². The number of hydrogen-bond donors (Lipinski definition) is 1. The molecule has 4 heteroatoms. The van der Waals surface area contributed by atoms with Crippen LogP contribution >= 0.6 is 0 Å². The number of allylic oxidation sites excluding steroid dienone is 2.